The third-order valence-corrected chi connectivity index (χ3v) is 5.68. The molecule has 3 N–H and O–H groups in total. The van der Waals surface area contributed by atoms with Crippen LogP contribution < -0.4 is 15.8 Å². The summed E-state index contributed by atoms with van der Waals surface area (Å²) in [5, 5.41) is 2.85. The minimum atomic E-state index is -0.734. The summed E-state index contributed by atoms with van der Waals surface area (Å²) in [5.74, 6) is 0.0588. The number of carbonyl (C=O) groups is 2. The zero-order valence-electron chi connectivity index (χ0n) is 18.7. The first-order chi connectivity index (χ1) is 15.8. The normalized spacial score (nSPS) is 16.7. The SMILES string of the molecule is CCOc1cc(/C=C/C(=O)N2CCN(Cc3ccc(F)cc3)C[C@H]2C)c(NC(N)=O)cc1Cl. The van der Waals surface area contributed by atoms with Crippen LogP contribution in [0.25, 0.3) is 6.08 Å². The topological polar surface area (TPSA) is 87.9 Å². The minimum absolute atomic E-state index is 0.00349. The van der Waals surface area contributed by atoms with Crippen LogP contribution in [0.1, 0.15) is 25.0 Å². The Bertz CT molecular complexity index is 1030. The molecule has 0 aliphatic carbocycles. The fourth-order valence-corrected chi connectivity index (χ4v) is 4.04. The van der Waals surface area contributed by atoms with Gasteiger partial charge in [0, 0.05) is 43.9 Å². The van der Waals surface area contributed by atoms with Crippen molar-refractivity contribution in [2.45, 2.75) is 26.4 Å². The van der Waals surface area contributed by atoms with Gasteiger partial charge in [0.1, 0.15) is 11.6 Å². The lowest BCUT2D eigenvalue weighted by atomic mass is 10.1. The highest BCUT2D eigenvalue weighted by Crippen LogP contribution is 2.32. The van der Waals surface area contributed by atoms with E-state index >= 15 is 0 Å². The number of amides is 3. The van der Waals surface area contributed by atoms with Gasteiger partial charge in [-0.05, 0) is 49.8 Å². The van der Waals surface area contributed by atoms with Crippen molar-refractivity contribution in [3.05, 3.63) is 64.4 Å². The van der Waals surface area contributed by atoms with Gasteiger partial charge in [-0.2, -0.15) is 0 Å². The molecule has 1 aliphatic heterocycles. The molecule has 0 radical (unpaired) electrons. The highest BCUT2D eigenvalue weighted by atomic mass is 35.5. The number of ether oxygens (including phenoxy) is 1. The molecule has 1 aliphatic rings. The van der Waals surface area contributed by atoms with Crippen LogP contribution in [0.15, 0.2) is 42.5 Å². The van der Waals surface area contributed by atoms with E-state index in [0.717, 1.165) is 5.56 Å². The van der Waals surface area contributed by atoms with Gasteiger partial charge in [-0.1, -0.05) is 23.7 Å². The Morgan fingerprint density at radius 1 is 1.27 bits per heavy atom. The van der Waals surface area contributed by atoms with Gasteiger partial charge in [-0.3, -0.25) is 9.69 Å². The average Bonchev–Trinajstić information content (AvgIpc) is 2.76. The fourth-order valence-electron chi connectivity index (χ4n) is 3.82. The average molecular weight is 475 g/mol. The number of nitrogens with two attached hydrogens (primary N) is 1. The molecule has 0 spiro atoms. The molecule has 33 heavy (non-hydrogen) atoms. The molecule has 2 aromatic carbocycles. The summed E-state index contributed by atoms with van der Waals surface area (Å²) in [6.45, 7) is 6.95. The molecule has 1 atom stereocenters. The molecule has 0 bridgehead atoms. The Labute approximate surface area is 197 Å². The molecule has 0 aromatic heterocycles. The van der Waals surface area contributed by atoms with Crippen LogP contribution in [-0.2, 0) is 11.3 Å². The van der Waals surface area contributed by atoms with Crippen molar-refractivity contribution in [1.82, 2.24) is 9.80 Å². The van der Waals surface area contributed by atoms with Crippen LogP contribution in [0, 0.1) is 5.82 Å². The minimum Gasteiger partial charge on any atom is -0.492 e. The molecule has 1 heterocycles. The van der Waals surface area contributed by atoms with Crippen molar-refractivity contribution in [2.24, 2.45) is 5.73 Å². The van der Waals surface area contributed by atoms with E-state index < -0.39 is 6.03 Å². The van der Waals surface area contributed by atoms with E-state index in [2.05, 4.69) is 10.2 Å². The summed E-state index contributed by atoms with van der Waals surface area (Å²) >= 11 is 6.21. The van der Waals surface area contributed by atoms with E-state index in [9.17, 15) is 14.0 Å². The van der Waals surface area contributed by atoms with E-state index in [1.807, 2.05) is 13.8 Å². The molecule has 7 nitrogen and oxygen atoms in total. The standard InChI is InChI=1S/C24H28ClFN4O3/c1-3-33-22-12-18(21(13-20(22)25)28-24(27)32)6-9-23(31)30-11-10-29(14-16(30)2)15-17-4-7-19(26)8-5-17/h4-9,12-13,16H,3,10-11,14-15H2,1-2H3,(H3,27,28,32)/b9-6+/t16-/m1/s1. The smallest absolute Gasteiger partial charge is 0.316 e. The number of hydrogen-bond acceptors (Lipinski definition) is 4. The second kappa shape index (κ2) is 11.2. The lowest BCUT2D eigenvalue weighted by Crippen LogP contribution is -2.53. The van der Waals surface area contributed by atoms with Crippen molar-refractivity contribution >= 4 is 35.3 Å². The number of rotatable bonds is 7. The van der Waals surface area contributed by atoms with Gasteiger partial charge in [-0.25, -0.2) is 9.18 Å². The molecule has 0 unspecified atom stereocenters. The Morgan fingerprint density at radius 3 is 2.64 bits per heavy atom. The molecule has 1 saturated heterocycles. The van der Waals surface area contributed by atoms with Crippen LogP contribution >= 0.6 is 11.6 Å². The van der Waals surface area contributed by atoms with Crippen LogP contribution in [0.4, 0.5) is 14.9 Å². The maximum absolute atomic E-state index is 13.1. The van der Waals surface area contributed by atoms with Crippen LogP contribution in [0.3, 0.4) is 0 Å². The maximum Gasteiger partial charge on any atom is 0.316 e. The maximum atomic E-state index is 13.1. The summed E-state index contributed by atoms with van der Waals surface area (Å²) in [4.78, 5) is 28.3. The van der Waals surface area contributed by atoms with Crippen LogP contribution in [0.2, 0.25) is 5.02 Å². The van der Waals surface area contributed by atoms with Gasteiger partial charge in [0.05, 0.1) is 17.3 Å². The molecule has 176 valence electrons. The second-order valence-electron chi connectivity index (χ2n) is 7.87. The van der Waals surface area contributed by atoms with E-state index in [-0.39, 0.29) is 17.8 Å². The van der Waals surface area contributed by atoms with Crippen molar-refractivity contribution in [3.8, 4) is 5.75 Å². The van der Waals surface area contributed by atoms with Gasteiger partial charge in [0.15, 0.2) is 0 Å². The molecule has 3 amide bonds. The summed E-state index contributed by atoms with van der Waals surface area (Å²) in [6.07, 6.45) is 3.08. The first-order valence-corrected chi connectivity index (χ1v) is 11.1. The first kappa shape index (κ1) is 24.5. The number of benzene rings is 2. The summed E-state index contributed by atoms with van der Waals surface area (Å²) < 4.78 is 18.6. The van der Waals surface area contributed by atoms with E-state index in [1.54, 1.807) is 29.2 Å². The number of halogens is 2. The molecule has 1 fully saturated rings. The lowest BCUT2D eigenvalue weighted by molar-refractivity contribution is -0.130. The van der Waals surface area contributed by atoms with Crippen molar-refractivity contribution in [1.29, 1.82) is 0 Å². The Hall–Kier alpha value is -3.10. The number of hydrogen-bond donors (Lipinski definition) is 2. The zero-order valence-corrected chi connectivity index (χ0v) is 19.4. The van der Waals surface area contributed by atoms with Crippen molar-refractivity contribution in [2.75, 3.05) is 31.6 Å². The number of anilines is 1. The molecule has 3 rings (SSSR count). The molecule has 0 saturated carbocycles. The number of nitrogens with zero attached hydrogens (tertiary/aromatic N) is 2. The van der Waals surface area contributed by atoms with Gasteiger partial charge in [0.2, 0.25) is 5.91 Å². The van der Waals surface area contributed by atoms with Crippen molar-refractivity contribution < 1.29 is 18.7 Å². The number of carbonyl (C=O) groups excluding carboxylic acids is 2. The fraction of sp³-hybridized carbons (Fsp3) is 0.333. The van der Waals surface area contributed by atoms with E-state index in [0.29, 0.717) is 54.8 Å². The highest BCUT2D eigenvalue weighted by molar-refractivity contribution is 6.32. The van der Waals surface area contributed by atoms with Crippen LogP contribution in [-0.4, -0.2) is 54.0 Å². The second-order valence-corrected chi connectivity index (χ2v) is 8.27. The summed E-state index contributed by atoms with van der Waals surface area (Å²) in [6, 6.07) is 8.94. The largest absolute Gasteiger partial charge is 0.492 e. The third-order valence-electron chi connectivity index (χ3n) is 5.38. The number of nitrogens with one attached hydrogen (secondary N) is 1. The number of urea groups is 1. The summed E-state index contributed by atoms with van der Waals surface area (Å²) in [7, 11) is 0. The highest BCUT2D eigenvalue weighted by Gasteiger charge is 2.26. The first-order valence-electron chi connectivity index (χ1n) is 10.7. The molecule has 2 aromatic rings. The predicted octanol–water partition coefficient (Wildman–Crippen LogP) is 4.11. The number of primary amides is 1. The van der Waals surface area contributed by atoms with Gasteiger partial charge in [0.25, 0.3) is 0 Å². The van der Waals surface area contributed by atoms with Gasteiger partial charge < -0.3 is 20.7 Å². The third kappa shape index (κ3) is 6.69. The number of piperazine rings is 1. The Morgan fingerprint density at radius 2 is 2.00 bits per heavy atom. The Balaban J connectivity index is 1.68. The molecule has 9 heteroatoms. The van der Waals surface area contributed by atoms with E-state index in [4.69, 9.17) is 22.1 Å². The monoisotopic (exact) mass is 474 g/mol. The Kier molecular flexibility index (Phi) is 8.30. The zero-order chi connectivity index (χ0) is 24.0. The predicted molar refractivity (Wildman–Crippen MR) is 128 cm³/mol. The van der Waals surface area contributed by atoms with E-state index in [1.165, 1.54) is 24.3 Å². The quantitative estimate of drug-likeness (QED) is 0.591. The lowest BCUT2D eigenvalue weighted by Gasteiger charge is -2.39. The van der Waals surface area contributed by atoms with Crippen molar-refractivity contribution in [3.63, 3.8) is 0 Å². The van der Waals surface area contributed by atoms with Crippen LogP contribution in [0.5, 0.6) is 5.75 Å². The van der Waals surface area contributed by atoms with Gasteiger partial charge >= 0.3 is 6.03 Å². The molecular weight excluding hydrogens is 447 g/mol. The van der Waals surface area contributed by atoms with Gasteiger partial charge in [-0.15, -0.1) is 0 Å². The molecular formula is C24H28ClFN4O3. The summed E-state index contributed by atoms with van der Waals surface area (Å²) in [5.41, 5.74) is 7.23.